The Bertz CT molecular complexity index is 462. The van der Waals surface area contributed by atoms with Crippen LogP contribution >= 0.6 is 11.6 Å². The van der Waals surface area contributed by atoms with Gasteiger partial charge in [-0.2, -0.15) is 0 Å². The van der Waals surface area contributed by atoms with Crippen LogP contribution in [0.2, 0.25) is 5.02 Å². The molecule has 3 heteroatoms. The number of amides is 1. The molecule has 0 radical (unpaired) electrons. The number of nitrogens with one attached hydrogen (secondary N) is 1. The molecule has 1 aliphatic carbocycles. The lowest BCUT2D eigenvalue weighted by Gasteiger charge is -2.30. The van der Waals surface area contributed by atoms with Crippen LogP contribution < -0.4 is 5.32 Å². The summed E-state index contributed by atoms with van der Waals surface area (Å²) in [6.45, 7) is 4.24. The molecule has 110 valence electrons. The van der Waals surface area contributed by atoms with E-state index in [1.807, 2.05) is 24.3 Å². The summed E-state index contributed by atoms with van der Waals surface area (Å²) < 4.78 is 0. The summed E-state index contributed by atoms with van der Waals surface area (Å²) in [4.78, 5) is 12.9. The molecule has 0 unspecified atom stereocenters. The van der Waals surface area contributed by atoms with Gasteiger partial charge in [-0.3, -0.25) is 4.79 Å². The summed E-state index contributed by atoms with van der Waals surface area (Å²) in [6.07, 6.45) is 6.05. The normalized spacial score (nSPS) is 17.4. The molecular formula is C17H24ClNO. The van der Waals surface area contributed by atoms with E-state index in [-0.39, 0.29) is 17.4 Å². The van der Waals surface area contributed by atoms with Gasteiger partial charge in [-0.1, -0.05) is 50.4 Å². The lowest BCUT2D eigenvalue weighted by molar-refractivity contribution is -0.127. The Labute approximate surface area is 126 Å². The number of benzene rings is 1. The maximum atomic E-state index is 12.9. The number of halogens is 1. The summed E-state index contributed by atoms with van der Waals surface area (Å²) in [6, 6.07) is 8.09. The zero-order valence-electron chi connectivity index (χ0n) is 12.4. The molecule has 0 bridgehead atoms. The second kappa shape index (κ2) is 6.62. The van der Waals surface area contributed by atoms with Crippen molar-refractivity contribution in [3.8, 4) is 0 Å². The molecule has 1 saturated carbocycles. The van der Waals surface area contributed by atoms with Gasteiger partial charge in [-0.15, -0.1) is 0 Å². The Hall–Kier alpha value is -1.02. The molecule has 1 aromatic carbocycles. The summed E-state index contributed by atoms with van der Waals surface area (Å²) in [5.41, 5.74) is 0.707. The van der Waals surface area contributed by atoms with Crippen LogP contribution in [-0.2, 0) is 10.2 Å². The van der Waals surface area contributed by atoms with E-state index in [0.29, 0.717) is 5.02 Å². The van der Waals surface area contributed by atoms with Gasteiger partial charge in [-0.05, 0) is 43.4 Å². The van der Waals surface area contributed by atoms with Gasteiger partial charge in [0, 0.05) is 11.1 Å². The highest BCUT2D eigenvalue weighted by Crippen LogP contribution is 2.42. The van der Waals surface area contributed by atoms with Crippen molar-refractivity contribution < 1.29 is 4.79 Å². The zero-order valence-corrected chi connectivity index (χ0v) is 13.2. The molecule has 0 spiro atoms. The molecule has 0 saturated heterocycles. The van der Waals surface area contributed by atoms with Crippen molar-refractivity contribution in [2.45, 2.75) is 63.8 Å². The summed E-state index contributed by atoms with van der Waals surface area (Å²) in [5.74, 6) is 0.186. The Kier molecular flexibility index (Phi) is 5.09. The van der Waals surface area contributed by atoms with Crippen LogP contribution in [0.5, 0.6) is 0 Å². The number of carbonyl (C=O) groups is 1. The highest BCUT2D eigenvalue weighted by Gasteiger charge is 2.43. The SMILES string of the molecule is CCC(CC)NC(=O)C1(c2cccc(Cl)c2)CCCC1. The van der Waals surface area contributed by atoms with Crippen LogP contribution in [0.4, 0.5) is 0 Å². The third kappa shape index (κ3) is 3.01. The Balaban J connectivity index is 2.28. The molecule has 0 aliphatic heterocycles. The van der Waals surface area contributed by atoms with E-state index in [1.165, 1.54) is 0 Å². The fraction of sp³-hybridized carbons (Fsp3) is 0.588. The summed E-state index contributed by atoms with van der Waals surface area (Å²) in [5, 5.41) is 3.95. The molecule has 1 fully saturated rings. The summed E-state index contributed by atoms with van der Waals surface area (Å²) in [7, 11) is 0. The third-order valence-corrected chi connectivity index (χ3v) is 4.82. The van der Waals surface area contributed by atoms with Crippen molar-refractivity contribution in [3.05, 3.63) is 34.9 Å². The molecule has 1 aromatic rings. The molecule has 0 atom stereocenters. The second-order valence-electron chi connectivity index (χ2n) is 5.79. The van der Waals surface area contributed by atoms with E-state index >= 15 is 0 Å². The molecule has 2 nitrogen and oxygen atoms in total. The maximum absolute atomic E-state index is 12.9. The fourth-order valence-electron chi connectivity index (χ4n) is 3.23. The van der Waals surface area contributed by atoms with Gasteiger partial charge in [0.15, 0.2) is 0 Å². The lowest BCUT2D eigenvalue weighted by atomic mass is 9.77. The Morgan fingerprint density at radius 1 is 1.30 bits per heavy atom. The average molecular weight is 294 g/mol. The largest absolute Gasteiger partial charge is 0.353 e. The first kappa shape index (κ1) is 15.4. The Morgan fingerprint density at radius 3 is 2.50 bits per heavy atom. The number of rotatable bonds is 5. The van der Waals surface area contributed by atoms with Gasteiger partial charge in [0.1, 0.15) is 0 Å². The maximum Gasteiger partial charge on any atom is 0.230 e. The Morgan fingerprint density at radius 2 is 1.95 bits per heavy atom. The van der Waals surface area contributed by atoms with Crippen LogP contribution in [0.15, 0.2) is 24.3 Å². The average Bonchev–Trinajstić information content (AvgIpc) is 2.95. The molecule has 0 heterocycles. The standard InChI is InChI=1S/C17H24ClNO/c1-3-15(4-2)19-16(20)17(10-5-6-11-17)13-8-7-9-14(18)12-13/h7-9,12,15H,3-6,10-11H2,1-2H3,(H,19,20). The van der Waals surface area contributed by atoms with Gasteiger partial charge < -0.3 is 5.32 Å². The molecule has 20 heavy (non-hydrogen) atoms. The minimum absolute atomic E-state index is 0.186. The van der Waals surface area contributed by atoms with Crippen LogP contribution in [0, 0.1) is 0 Å². The first-order valence-electron chi connectivity index (χ1n) is 7.69. The third-order valence-electron chi connectivity index (χ3n) is 4.59. The van der Waals surface area contributed by atoms with Gasteiger partial charge in [0.25, 0.3) is 0 Å². The second-order valence-corrected chi connectivity index (χ2v) is 6.22. The van der Waals surface area contributed by atoms with Gasteiger partial charge in [0.2, 0.25) is 5.91 Å². The van der Waals surface area contributed by atoms with Crippen LogP contribution in [0.25, 0.3) is 0 Å². The zero-order chi connectivity index (χ0) is 14.6. The number of hydrogen-bond donors (Lipinski definition) is 1. The quantitative estimate of drug-likeness (QED) is 0.853. The smallest absolute Gasteiger partial charge is 0.230 e. The highest BCUT2D eigenvalue weighted by atomic mass is 35.5. The summed E-state index contributed by atoms with van der Waals surface area (Å²) >= 11 is 6.12. The number of hydrogen-bond acceptors (Lipinski definition) is 1. The van der Waals surface area contributed by atoms with E-state index < -0.39 is 0 Å². The van der Waals surface area contributed by atoms with E-state index in [2.05, 4.69) is 19.2 Å². The van der Waals surface area contributed by atoms with Crippen molar-refractivity contribution in [2.24, 2.45) is 0 Å². The molecule has 1 amide bonds. The predicted molar refractivity (Wildman–Crippen MR) is 84.1 cm³/mol. The van der Waals surface area contributed by atoms with Crippen molar-refractivity contribution >= 4 is 17.5 Å². The van der Waals surface area contributed by atoms with Crippen molar-refractivity contribution in [2.75, 3.05) is 0 Å². The topological polar surface area (TPSA) is 29.1 Å². The van der Waals surface area contributed by atoms with E-state index in [0.717, 1.165) is 44.1 Å². The minimum Gasteiger partial charge on any atom is -0.353 e. The van der Waals surface area contributed by atoms with Gasteiger partial charge in [-0.25, -0.2) is 0 Å². The molecule has 1 N–H and O–H groups in total. The minimum atomic E-state index is -0.368. The first-order valence-corrected chi connectivity index (χ1v) is 8.07. The van der Waals surface area contributed by atoms with E-state index in [9.17, 15) is 4.79 Å². The van der Waals surface area contributed by atoms with E-state index in [4.69, 9.17) is 11.6 Å². The van der Waals surface area contributed by atoms with Gasteiger partial charge in [0.05, 0.1) is 5.41 Å². The first-order chi connectivity index (χ1) is 9.62. The lowest BCUT2D eigenvalue weighted by Crippen LogP contribution is -2.46. The van der Waals surface area contributed by atoms with Crippen LogP contribution in [0.1, 0.15) is 57.9 Å². The van der Waals surface area contributed by atoms with Crippen molar-refractivity contribution in [3.63, 3.8) is 0 Å². The molecular weight excluding hydrogens is 270 g/mol. The van der Waals surface area contributed by atoms with E-state index in [1.54, 1.807) is 0 Å². The van der Waals surface area contributed by atoms with Crippen LogP contribution in [0.3, 0.4) is 0 Å². The predicted octanol–water partition coefficient (Wildman–Crippen LogP) is 4.46. The van der Waals surface area contributed by atoms with Crippen molar-refractivity contribution in [1.29, 1.82) is 0 Å². The fourth-order valence-corrected chi connectivity index (χ4v) is 3.42. The van der Waals surface area contributed by atoms with Gasteiger partial charge >= 0.3 is 0 Å². The highest BCUT2D eigenvalue weighted by molar-refractivity contribution is 6.30. The van der Waals surface area contributed by atoms with Crippen LogP contribution in [-0.4, -0.2) is 11.9 Å². The molecule has 1 aliphatic rings. The van der Waals surface area contributed by atoms with Crippen molar-refractivity contribution in [1.82, 2.24) is 5.32 Å². The molecule has 2 rings (SSSR count). The monoisotopic (exact) mass is 293 g/mol. The number of carbonyl (C=O) groups excluding carboxylic acids is 1. The molecule has 0 aromatic heterocycles.